The Hall–Kier alpha value is -3.71. The molecule has 0 radical (unpaired) electrons. The van der Waals surface area contributed by atoms with Crippen LogP contribution in [-0.4, -0.2) is 36.0 Å². The van der Waals surface area contributed by atoms with Crippen LogP contribution in [0, 0.1) is 0 Å². The van der Waals surface area contributed by atoms with Crippen molar-refractivity contribution in [2.45, 2.75) is 6.61 Å². The van der Waals surface area contributed by atoms with Gasteiger partial charge in [-0.05, 0) is 52.3 Å². The van der Waals surface area contributed by atoms with E-state index < -0.39 is 11.8 Å². The van der Waals surface area contributed by atoms with Crippen LogP contribution >= 0.6 is 12.2 Å². The molecule has 0 aliphatic carbocycles. The van der Waals surface area contributed by atoms with Crippen LogP contribution in [0.25, 0.3) is 16.8 Å². The second-order valence-electron chi connectivity index (χ2n) is 7.02. The molecule has 0 aromatic heterocycles. The number of amides is 2. The molecular weight excluding hydrogens is 412 g/mol. The molecule has 1 N–H and O–H groups in total. The molecule has 2 amide bonds. The number of rotatable bonds is 5. The number of carbonyl (C=O) groups excluding carboxylic acids is 2. The lowest BCUT2D eigenvalue weighted by Gasteiger charge is -2.25. The van der Waals surface area contributed by atoms with E-state index in [1.54, 1.807) is 25.3 Å². The maximum absolute atomic E-state index is 12.4. The second kappa shape index (κ2) is 8.57. The highest BCUT2D eigenvalue weighted by Crippen LogP contribution is 2.31. The number of likely N-dealkylation sites (N-methyl/N-ethyl adjacent to an activating group) is 1. The standard InChI is InChI=1S/C24H20N2O4S/c1-26-23(28)19(22(27)25-24(26)31)12-15-10-11-20(21(13-15)29-2)30-14-17-8-5-7-16-6-3-4-9-18(16)17/h3-13H,14H2,1-2H3,(H,25,27,31)/b19-12+. The molecule has 1 heterocycles. The molecule has 1 saturated heterocycles. The van der Waals surface area contributed by atoms with Gasteiger partial charge < -0.3 is 9.47 Å². The van der Waals surface area contributed by atoms with Crippen LogP contribution in [0.4, 0.5) is 0 Å². The fourth-order valence-corrected chi connectivity index (χ4v) is 3.55. The lowest BCUT2D eigenvalue weighted by Crippen LogP contribution is -2.52. The van der Waals surface area contributed by atoms with Gasteiger partial charge in [-0.15, -0.1) is 0 Å². The Morgan fingerprint density at radius 3 is 2.61 bits per heavy atom. The van der Waals surface area contributed by atoms with Crippen LogP contribution in [0.5, 0.6) is 11.5 Å². The second-order valence-corrected chi connectivity index (χ2v) is 7.41. The van der Waals surface area contributed by atoms with Gasteiger partial charge in [-0.1, -0.05) is 48.5 Å². The summed E-state index contributed by atoms with van der Waals surface area (Å²) in [4.78, 5) is 25.8. The van der Waals surface area contributed by atoms with E-state index in [2.05, 4.69) is 23.5 Å². The van der Waals surface area contributed by atoms with Gasteiger partial charge in [0.25, 0.3) is 11.8 Å². The Balaban J connectivity index is 1.58. The van der Waals surface area contributed by atoms with Gasteiger partial charge in [-0.3, -0.25) is 19.8 Å². The number of fused-ring (bicyclic) bond motifs is 1. The first-order valence-electron chi connectivity index (χ1n) is 9.60. The molecule has 0 atom stereocenters. The van der Waals surface area contributed by atoms with E-state index in [1.165, 1.54) is 18.0 Å². The van der Waals surface area contributed by atoms with Crippen LogP contribution in [-0.2, 0) is 16.2 Å². The molecule has 1 aliphatic heterocycles. The fourth-order valence-electron chi connectivity index (χ4n) is 3.38. The minimum Gasteiger partial charge on any atom is -0.493 e. The maximum Gasteiger partial charge on any atom is 0.265 e. The summed E-state index contributed by atoms with van der Waals surface area (Å²) in [5, 5.41) is 4.87. The zero-order chi connectivity index (χ0) is 22.0. The third-order valence-electron chi connectivity index (χ3n) is 5.07. The first-order valence-corrected chi connectivity index (χ1v) is 10.0. The number of benzene rings is 3. The minimum atomic E-state index is -0.525. The normalized spacial score (nSPS) is 15.4. The van der Waals surface area contributed by atoms with Crippen molar-refractivity contribution in [3.8, 4) is 11.5 Å². The van der Waals surface area contributed by atoms with Crippen LogP contribution in [0.2, 0.25) is 0 Å². The average molecular weight is 433 g/mol. The lowest BCUT2D eigenvalue weighted by atomic mass is 10.1. The van der Waals surface area contributed by atoms with Crippen LogP contribution in [0.1, 0.15) is 11.1 Å². The van der Waals surface area contributed by atoms with E-state index in [0.29, 0.717) is 23.7 Å². The molecular formula is C24H20N2O4S. The Labute approximate surface area is 185 Å². The Bertz CT molecular complexity index is 1230. The Morgan fingerprint density at radius 1 is 1.03 bits per heavy atom. The summed E-state index contributed by atoms with van der Waals surface area (Å²) >= 11 is 4.96. The van der Waals surface area contributed by atoms with E-state index in [-0.39, 0.29) is 10.7 Å². The van der Waals surface area contributed by atoms with Gasteiger partial charge in [0, 0.05) is 7.05 Å². The van der Waals surface area contributed by atoms with Crippen LogP contribution in [0.15, 0.2) is 66.2 Å². The molecule has 6 nitrogen and oxygen atoms in total. The maximum atomic E-state index is 12.4. The molecule has 0 saturated carbocycles. The molecule has 7 heteroatoms. The molecule has 31 heavy (non-hydrogen) atoms. The van der Waals surface area contributed by atoms with Gasteiger partial charge in [0.1, 0.15) is 12.2 Å². The van der Waals surface area contributed by atoms with Gasteiger partial charge in [0.05, 0.1) is 7.11 Å². The quantitative estimate of drug-likeness (QED) is 0.378. The highest BCUT2D eigenvalue weighted by atomic mass is 32.1. The van der Waals surface area contributed by atoms with Gasteiger partial charge in [-0.25, -0.2) is 0 Å². The summed E-state index contributed by atoms with van der Waals surface area (Å²) in [5.41, 5.74) is 1.70. The van der Waals surface area contributed by atoms with Crippen molar-refractivity contribution >= 4 is 46.0 Å². The first-order chi connectivity index (χ1) is 15.0. The van der Waals surface area contributed by atoms with Crippen molar-refractivity contribution in [2.24, 2.45) is 0 Å². The Morgan fingerprint density at radius 2 is 1.81 bits per heavy atom. The van der Waals surface area contributed by atoms with E-state index >= 15 is 0 Å². The summed E-state index contributed by atoms with van der Waals surface area (Å²) in [6.45, 7) is 0.376. The van der Waals surface area contributed by atoms with Crippen molar-refractivity contribution in [2.75, 3.05) is 14.2 Å². The summed E-state index contributed by atoms with van der Waals surface area (Å²) < 4.78 is 11.5. The van der Waals surface area contributed by atoms with Crippen molar-refractivity contribution in [1.82, 2.24) is 10.2 Å². The summed E-state index contributed by atoms with van der Waals surface area (Å²) in [5.74, 6) is 0.0878. The van der Waals surface area contributed by atoms with Gasteiger partial charge >= 0.3 is 0 Å². The van der Waals surface area contributed by atoms with Crippen molar-refractivity contribution in [1.29, 1.82) is 0 Å². The number of hydrogen-bond acceptors (Lipinski definition) is 5. The fraction of sp³-hybridized carbons (Fsp3) is 0.125. The number of nitrogens with one attached hydrogen (secondary N) is 1. The molecule has 0 bridgehead atoms. The number of carbonyl (C=O) groups is 2. The molecule has 3 aromatic carbocycles. The molecule has 1 aliphatic rings. The molecule has 4 rings (SSSR count). The third kappa shape index (κ3) is 4.13. The van der Waals surface area contributed by atoms with Crippen molar-refractivity contribution in [3.05, 3.63) is 77.4 Å². The molecule has 0 unspecified atom stereocenters. The zero-order valence-electron chi connectivity index (χ0n) is 17.0. The zero-order valence-corrected chi connectivity index (χ0v) is 17.9. The van der Waals surface area contributed by atoms with Gasteiger partial charge in [-0.2, -0.15) is 0 Å². The number of methoxy groups -OCH3 is 1. The predicted molar refractivity (Wildman–Crippen MR) is 123 cm³/mol. The summed E-state index contributed by atoms with van der Waals surface area (Å²) in [6.07, 6.45) is 1.51. The van der Waals surface area contributed by atoms with Crippen molar-refractivity contribution in [3.63, 3.8) is 0 Å². The van der Waals surface area contributed by atoms with Crippen LogP contribution in [0.3, 0.4) is 0 Å². The largest absolute Gasteiger partial charge is 0.493 e. The van der Waals surface area contributed by atoms with Gasteiger partial charge in [0.2, 0.25) is 0 Å². The molecule has 156 valence electrons. The number of hydrogen-bond donors (Lipinski definition) is 1. The van der Waals surface area contributed by atoms with E-state index in [0.717, 1.165) is 16.3 Å². The lowest BCUT2D eigenvalue weighted by molar-refractivity contribution is -0.128. The topological polar surface area (TPSA) is 67.9 Å². The SMILES string of the molecule is COc1cc(/C=C2\C(=O)NC(=S)N(C)C2=O)ccc1OCc1cccc2ccccc12. The van der Waals surface area contributed by atoms with E-state index in [1.807, 2.05) is 24.3 Å². The highest BCUT2D eigenvalue weighted by Gasteiger charge is 2.30. The smallest absolute Gasteiger partial charge is 0.265 e. The third-order valence-corrected chi connectivity index (χ3v) is 5.44. The highest BCUT2D eigenvalue weighted by molar-refractivity contribution is 7.80. The summed E-state index contributed by atoms with van der Waals surface area (Å²) in [7, 11) is 3.06. The van der Waals surface area contributed by atoms with E-state index in [9.17, 15) is 9.59 Å². The monoisotopic (exact) mass is 432 g/mol. The number of nitrogens with zero attached hydrogens (tertiary/aromatic N) is 1. The van der Waals surface area contributed by atoms with Crippen LogP contribution < -0.4 is 14.8 Å². The molecule has 1 fully saturated rings. The molecule has 0 spiro atoms. The summed E-state index contributed by atoms with van der Waals surface area (Å²) in [6, 6.07) is 19.5. The Kier molecular flexibility index (Phi) is 5.68. The molecule has 3 aromatic rings. The van der Waals surface area contributed by atoms with Gasteiger partial charge in [0.15, 0.2) is 16.6 Å². The van der Waals surface area contributed by atoms with Crippen molar-refractivity contribution < 1.29 is 19.1 Å². The first kappa shape index (κ1) is 20.6. The number of ether oxygens (including phenoxy) is 2. The minimum absolute atomic E-state index is 0.00239. The predicted octanol–water partition coefficient (Wildman–Crippen LogP) is 3.68. The van der Waals surface area contributed by atoms with E-state index in [4.69, 9.17) is 21.7 Å². The average Bonchev–Trinajstić information content (AvgIpc) is 2.79. The number of thiocarbonyl (C=S) groups is 1.